The first kappa shape index (κ1) is 19.5. The molecule has 4 rings (SSSR count). The van der Waals surface area contributed by atoms with Crippen LogP contribution in [0.1, 0.15) is 24.0 Å². The van der Waals surface area contributed by atoms with Gasteiger partial charge in [0.1, 0.15) is 0 Å². The largest absolute Gasteiger partial charge is 0.328 e. The van der Waals surface area contributed by atoms with Crippen LogP contribution in [0, 0.1) is 12.8 Å². The molecule has 6 nitrogen and oxygen atoms in total. The Morgan fingerprint density at radius 1 is 1.03 bits per heavy atom. The minimum absolute atomic E-state index is 0.0263. The highest BCUT2D eigenvalue weighted by molar-refractivity contribution is 5.94. The predicted octanol–water partition coefficient (Wildman–Crippen LogP) is 3.04. The Balaban J connectivity index is 1.38. The minimum atomic E-state index is -0.0653. The van der Waals surface area contributed by atoms with Gasteiger partial charge >= 0.3 is 5.69 Å². The first-order chi connectivity index (χ1) is 13.9. The predicted molar refractivity (Wildman–Crippen MR) is 116 cm³/mol. The van der Waals surface area contributed by atoms with Gasteiger partial charge in [-0.2, -0.15) is 0 Å². The molecule has 1 aliphatic rings. The molecular formula is C23H28N4O2. The fraction of sp³-hybridized carbons (Fsp3) is 0.391. The molecular weight excluding hydrogens is 364 g/mol. The number of nitrogens with one attached hydrogen (secondary N) is 1. The van der Waals surface area contributed by atoms with Crippen molar-refractivity contribution in [3.63, 3.8) is 0 Å². The second kappa shape index (κ2) is 7.87. The van der Waals surface area contributed by atoms with Crippen LogP contribution in [0.25, 0.3) is 11.0 Å². The number of piperidine rings is 1. The zero-order valence-corrected chi connectivity index (χ0v) is 17.3. The van der Waals surface area contributed by atoms with Crippen LogP contribution in [0.3, 0.4) is 0 Å². The maximum Gasteiger partial charge on any atom is 0.328 e. The lowest BCUT2D eigenvalue weighted by Gasteiger charge is -2.31. The lowest BCUT2D eigenvalue weighted by molar-refractivity contribution is -0.121. The normalized spacial score (nSPS) is 15.7. The third-order valence-electron chi connectivity index (χ3n) is 6.15. The molecule has 0 atom stereocenters. The Bertz CT molecular complexity index is 1100. The van der Waals surface area contributed by atoms with E-state index in [-0.39, 0.29) is 17.5 Å². The van der Waals surface area contributed by atoms with Gasteiger partial charge in [-0.05, 0) is 62.2 Å². The van der Waals surface area contributed by atoms with Crippen molar-refractivity contribution >= 4 is 22.6 Å². The first-order valence-electron chi connectivity index (χ1n) is 10.2. The molecule has 1 aliphatic heterocycles. The summed E-state index contributed by atoms with van der Waals surface area (Å²) in [5, 5.41) is 3.05. The summed E-state index contributed by atoms with van der Waals surface area (Å²) < 4.78 is 3.22. The van der Waals surface area contributed by atoms with Crippen LogP contribution in [0.5, 0.6) is 0 Å². The van der Waals surface area contributed by atoms with Gasteiger partial charge in [-0.3, -0.25) is 18.8 Å². The van der Waals surface area contributed by atoms with Gasteiger partial charge in [0, 0.05) is 32.2 Å². The molecule has 0 unspecified atom stereocenters. The zero-order valence-electron chi connectivity index (χ0n) is 17.3. The Morgan fingerprint density at radius 3 is 2.45 bits per heavy atom. The number of imidazole rings is 1. The van der Waals surface area contributed by atoms with Crippen molar-refractivity contribution in [3.05, 3.63) is 64.1 Å². The van der Waals surface area contributed by atoms with E-state index in [4.69, 9.17) is 0 Å². The molecule has 0 radical (unpaired) electrons. The van der Waals surface area contributed by atoms with Crippen molar-refractivity contribution in [2.45, 2.75) is 26.3 Å². The quantitative estimate of drug-likeness (QED) is 0.742. The van der Waals surface area contributed by atoms with E-state index in [9.17, 15) is 9.59 Å². The van der Waals surface area contributed by atoms with E-state index >= 15 is 0 Å². The van der Waals surface area contributed by atoms with E-state index < -0.39 is 0 Å². The second-order valence-corrected chi connectivity index (χ2v) is 8.07. The average Bonchev–Trinajstić information content (AvgIpc) is 2.94. The van der Waals surface area contributed by atoms with Crippen LogP contribution in [0.2, 0.25) is 0 Å². The molecule has 0 saturated carbocycles. The highest BCUT2D eigenvalue weighted by Crippen LogP contribution is 2.23. The third-order valence-corrected chi connectivity index (χ3v) is 6.15. The molecule has 0 aliphatic carbocycles. The average molecular weight is 393 g/mol. The summed E-state index contributed by atoms with van der Waals surface area (Å²) in [6.45, 7) is 4.95. The number of hydrogen-bond donors (Lipinski definition) is 1. The minimum Gasteiger partial charge on any atom is -0.326 e. The van der Waals surface area contributed by atoms with E-state index in [0.29, 0.717) is 0 Å². The van der Waals surface area contributed by atoms with E-state index in [1.54, 1.807) is 23.2 Å². The maximum atomic E-state index is 12.8. The molecule has 0 spiro atoms. The number of benzene rings is 2. The summed E-state index contributed by atoms with van der Waals surface area (Å²) in [6, 6.07) is 14.1. The van der Waals surface area contributed by atoms with Gasteiger partial charge in [0.25, 0.3) is 0 Å². The SMILES string of the molecule is Cc1ccccc1CN1CCC(C(=O)Nc2ccc3c(c2)n(C)c(=O)n3C)CC1. The van der Waals surface area contributed by atoms with Gasteiger partial charge in [0.15, 0.2) is 0 Å². The van der Waals surface area contributed by atoms with Crippen molar-refractivity contribution in [1.82, 2.24) is 14.0 Å². The van der Waals surface area contributed by atoms with E-state index in [1.165, 1.54) is 11.1 Å². The number of carbonyl (C=O) groups is 1. The first-order valence-corrected chi connectivity index (χ1v) is 10.2. The Morgan fingerprint density at radius 2 is 1.72 bits per heavy atom. The van der Waals surface area contributed by atoms with Gasteiger partial charge in [-0.25, -0.2) is 4.79 Å². The smallest absolute Gasteiger partial charge is 0.326 e. The number of aryl methyl sites for hydroxylation is 3. The zero-order chi connectivity index (χ0) is 20.5. The molecule has 2 aromatic carbocycles. The molecule has 1 aromatic heterocycles. The van der Waals surface area contributed by atoms with Crippen LogP contribution in [-0.4, -0.2) is 33.0 Å². The molecule has 1 saturated heterocycles. The standard InChI is InChI=1S/C23H28N4O2/c1-16-6-4-5-7-18(16)15-27-12-10-17(11-13-27)22(28)24-19-8-9-20-21(14-19)26(3)23(29)25(20)2/h4-9,14,17H,10-13,15H2,1-3H3,(H,24,28). The van der Waals surface area contributed by atoms with Gasteiger partial charge in [-0.1, -0.05) is 24.3 Å². The molecule has 152 valence electrons. The molecule has 29 heavy (non-hydrogen) atoms. The van der Waals surface area contributed by atoms with Gasteiger partial charge in [0.05, 0.1) is 11.0 Å². The van der Waals surface area contributed by atoms with E-state index in [2.05, 4.69) is 41.4 Å². The lowest BCUT2D eigenvalue weighted by atomic mass is 9.95. The maximum absolute atomic E-state index is 12.8. The van der Waals surface area contributed by atoms with Gasteiger partial charge < -0.3 is 5.32 Å². The fourth-order valence-electron chi connectivity index (χ4n) is 4.21. The number of carbonyl (C=O) groups excluding carboxylic acids is 1. The third kappa shape index (κ3) is 3.85. The number of fused-ring (bicyclic) bond motifs is 1. The lowest BCUT2D eigenvalue weighted by Crippen LogP contribution is -2.37. The summed E-state index contributed by atoms with van der Waals surface area (Å²) >= 11 is 0. The highest BCUT2D eigenvalue weighted by Gasteiger charge is 2.25. The number of anilines is 1. The number of hydrogen-bond acceptors (Lipinski definition) is 3. The number of aromatic nitrogens is 2. The second-order valence-electron chi connectivity index (χ2n) is 8.07. The summed E-state index contributed by atoms with van der Waals surface area (Å²) in [4.78, 5) is 27.3. The van der Waals surface area contributed by atoms with Gasteiger partial charge in [-0.15, -0.1) is 0 Å². The van der Waals surface area contributed by atoms with Crippen molar-refractivity contribution in [1.29, 1.82) is 0 Å². The number of nitrogens with zero attached hydrogens (tertiary/aromatic N) is 3. The van der Waals surface area contributed by atoms with Crippen LogP contribution >= 0.6 is 0 Å². The van der Waals surface area contributed by atoms with Crippen LogP contribution in [0.4, 0.5) is 5.69 Å². The van der Waals surface area contributed by atoms with Crippen molar-refractivity contribution in [2.75, 3.05) is 18.4 Å². The highest BCUT2D eigenvalue weighted by atomic mass is 16.2. The van der Waals surface area contributed by atoms with Crippen LogP contribution in [0.15, 0.2) is 47.3 Å². The fourth-order valence-corrected chi connectivity index (χ4v) is 4.21. The summed E-state index contributed by atoms with van der Waals surface area (Å²) in [6.07, 6.45) is 1.73. The Hall–Kier alpha value is -2.86. The van der Waals surface area contributed by atoms with Crippen LogP contribution < -0.4 is 11.0 Å². The molecule has 1 fully saturated rings. The van der Waals surface area contributed by atoms with Crippen molar-refractivity contribution < 1.29 is 4.79 Å². The molecule has 2 heterocycles. The number of amides is 1. The summed E-state index contributed by atoms with van der Waals surface area (Å²) in [7, 11) is 3.51. The van der Waals surface area contributed by atoms with Gasteiger partial charge in [0.2, 0.25) is 5.91 Å². The molecule has 1 amide bonds. The summed E-state index contributed by atoms with van der Waals surface area (Å²) in [5.41, 5.74) is 5.04. The summed E-state index contributed by atoms with van der Waals surface area (Å²) in [5.74, 6) is 0.0965. The molecule has 0 bridgehead atoms. The van der Waals surface area contributed by atoms with Crippen molar-refractivity contribution in [3.8, 4) is 0 Å². The molecule has 3 aromatic rings. The van der Waals surface area contributed by atoms with E-state index in [1.807, 2.05) is 18.2 Å². The number of likely N-dealkylation sites (tertiary alicyclic amines) is 1. The molecule has 6 heteroatoms. The Kier molecular flexibility index (Phi) is 5.28. The topological polar surface area (TPSA) is 59.3 Å². The Labute approximate surface area is 170 Å². The number of rotatable bonds is 4. The van der Waals surface area contributed by atoms with E-state index in [0.717, 1.165) is 49.2 Å². The monoisotopic (exact) mass is 392 g/mol. The molecule has 1 N–H and O–H groups in total. The van der Waals surface area contributed by atoms with Crippen molar-refractivity contribution in [2.24, 2.45) is 20.0 Å². The van der Waals surface area contributed by atoms with Crippen LogP contribution in [-0.2, 0) is 25.4 Å².